The molecule has 0 heterocycles. The van der Waals surface area contributed by atoms with E-state index in [1.165, 1.54) is 31.2 Å². The fourth-order valence-corrected chi connectivity index (χ4v) is 2.77. The Labute approximate surface area is 138 Å². The molecule has 0 fully saturated rings. The molecule has 0 amide bonds. The second kappa shape index (κ2) is 11.1. The van der Waals surface area contributed by atoms with E-state index in [1.807, 2.05) is 0 Å². The zero-order valence-corrected chi connectivity index (χ0v) is 15.3. The number of aryl methyl sites for hydroxylation is 1. The second-order valence-corrected chi connectivity index (χ2v) is 6.74. The molecule has 0 radical (unpaired) electrons. The topological polar surface area (TPSA) is 21.3 Å². The fraction of sp³-hybridized carbons (Fsp3) is 0.667. The van der Waals surface area contributed by atoms with Crippen molar-refractivity contribution in [3.05, 3.63) is 28.2 Å². The highest BCUT2D eigenvalue weighted by Gasteiger charge is 2.02. The van der Waals surface area contributed by atoms with Crippen molar-refractivity contribution < 1.29 is 4.74 Å². The van der Waals surface area contributed by atoms with E-state index in [0.29, 0.717) is 6.04 Å². The molecule has 3 heteroatoms. The molecule has 1 aromatic rings. The average Bonchev–Trinajstić information content (AvgIpc) is 2.45. The van der Waals surface area contributed by atoms with E-state index in [1.54, 1.807) is 0 Å². The molecule has 1 aromatic carbocycles. The molecule has 0 aliphatic heterocycles. The lowest BCUT2D eigenvalue weighted by Gasteiger charge is -2.09. The van der Waals surface area contributed by atoms with Crippen LogP contribution >= 0.6 is 15.9 Å². The molecule has 0 saturated heterocycles. The standard InChI is InChI=1S/C18H30BrNO/c1-4-13-21-18-11-10-16(14-17(18)19)9-7-5-6-8-12-20-15(2)3/h10-11,14-15,20H,4-9,12-13H2,1-3H3. The van der Waals surface area contributed by atoms with Crippen LogP contribution in [-0.4, -0.2) is 19.2 Å². The third-order valence-electron chi connectivity index (χ3n) is 3.40. The predicted molar refractivity (Wildman–Crippen MR) is 95.2 cm³/mol. The molecular weight excluding hydrogens is 326 g/mol. The van der Waals surface area contributed by atoms with Crippen LogP contribution in [0, 0.1) is 0 Å². The fourth-order valence-electron chi connectivity index (χ4n) is 2.23. The van der Waals surface area contributed by atoms with E-state index >= 15 is 0 Å². The number of hydrogen-bond donors (Lipinski definition) is 1. The van der Waals surface area contributed by atoms with Crippen LogP contribution in [0.4, 0.5) is 0 Å². The first-order chi connectivity index (χ1) is 10.1. The molecule has 120 valence electrons. The first kappa shape index (κ1) is 18.5. The molecule has 2 nitrogen and oxygen atoms in total. The van der Waals surface area contributed by atoms with Gasteiger partial charge in [0.05, 0.1) is 11.1 Å². The molecule has 1 rings (SSSR count). The Hall–Kier alpha value is -0.540. The van der Waals surface area contributed by atoms with E-state index < -0.39 is 0 Å². The third-order valence-corrected chi connectivity index (χ3v) is 4.02. The normalized spacial score (nSPS) is 11.1. The summed E-state index contributed by atoms with van der Waals surface area (Å²) in [6.07, 6.45) is 7.38. The van der Waals surface area contributed by atoms with Crippen LogP contribution in [0.5, 0.6) is 5.75 Å². The molecule has 0 aliphatic rings. The zero-order chi connectivity index (χ0) is 15.5. The maximum atomic E-state index is 5.68. The lowest BCUT2D eigenvalue weighted by atomic mass is 10.1. The Morgan fingerprint density at radius 1 is 1.14 bits per heavy atom. The minimum Gasteiger partial charge on any atom is -0.492 e. The maximum absolute atomic E-state index is 5.68. The monoisotopic (exact) mass is 355 g/mol. The van der Waals surface area contributed by atoms with Gasteiger partial charge in [0, 0.05) is 6.04 Å². The largest absolute Gasteiger partial charge is 0.492 e. The number of unbranched alkanes of at least 4 members (excludes halogenated alkanes) is 3. The Morgan fingerprint density at radius 2 is 1.90 bits per heavy atom. The van der Waals surface area contributed by atoms with Crippen molar-refractivity contribution >= 4 is 15.9 Å². The number of hydrogen-bond acceptors (Lipinski definition) is 2. The van der Waals surface area contributed by atoms with Crippen molar-refractivity contribution in [2.24, 2.45) is 0 Å². The van der Waals surface area contributed by atoms with Crippen molar-refractivity contribution in [2.75, 3.05) is 13.2 Å². The summed E-state index contributed by atoms with van der Waals surface area (Å²) in [6, 6.07) is 7.08. The minimum absolute atomic E-state index is 0.607. The van der Waals surface area contributed by atoms with Gasteiger partial charge in [-0.2, -0.15) is 0 Å². The van der Waals surface area contributed by atoms with Gasteiger partial charge in [-0.1, -0.05) is 39.7 Å². The van der Waals surface area contributed by atoms with Gasteiger partial charge in [0.1, 0.15) is 5.75 Å². The zero-order valence-electron chi connectivity index (χ0n) is 13.8. The summed E-state index contributed by atoms with van der Waals surface area (Å²) in [7, 11) is 0. The van der Waals surface area contributed by atoms with Crippen LogP contribution in [0.2, 0.25) is 0 Å². The quantitative estimate of drug-likeness (QED) is 0.541. The van der Waals surface area contributed by atoms with Crippen LogP contribution in [0.25, 0.3) is 0 Å². The lowest BCUT2D eigenvalue weighted by molar-refractivity contribution is 0.315. The van der Waals surface area contributed by atoms with Crippen LogP contribution in [-0.2, 0) is 6.42 Å². The summed E-state index contributed by atoms with van der Waals surface area (Å²) >= 11 is 3.60. The summed E-state index contributed by atoms with van der Waals surface area (Å²) in [6.45, 7) is 8.45. The molecule has 1 N–H and O–H groups in total. The van der Waals surface area contributed by atoms with Gasteiger partial charge in [0.15, 0.2) is 0 Å². The highest BCUT2D eigenvalue weighted by Crippen LogP contribution is 2.26. The third kappa shape index (κ3) is 8.47. The summed E-state index contributed by atoms with van der Waals surface area (Å²) in [4.78, 5) is 0. The molecule has 0 saturated carbocycles. The number of rotatable bonds is 11. The second-order valence-electron chi connectivity index (χ2n) is 5.89. The summed E-state index contributed by atoms with van der Waals surface area (Å²) < 4.78 is 6.75. The number of nitrogens with one attached hydrogen (secondary N) is 1. The summed E-state index contributed by atoms with van der Waals surface area (Å²) in [5.41, 5.74) is 1.39. The van der Waals surface area contributed by atoms with Gasteiger partial charge < -0.3 is 10.1 Å². The Bertz CT molecular complexity index is 393. The molecule has 0 atom stereocenters. The maximum Gasteiger partial charge on any atom is 0.133 e. The first-order valence-corrected chi connectivity index (χ1v) is 9.07. The molecule has 21 heavy (non-hydrogen) atoms. The van der Waals surface area contributed by atoms with E-state index in [2.05, 4.69) is 60.2 Å². The first-order valence-electron chi connectivity index (χ1n) is 8.28. The predicted octanol–water partition coefficient (Wildman–Crippen LogP) is 5.34. The van der Waals surface area contributed by atoms with Crippen LogP contribution in [0.3, 0.4) is 0 Å². The Morgan fingerprint density at radius 3 is 2.57 bits per heavy atom. The Kier molecular flexibility index (Phi) is 9.77. The summed E-state index contributed by atoms with van der Waals surface area (Å²) in [5, 5.41) is 3.46. The van der Waals surface area contributed by atoms with Gasteiger partial charge in [-0.25, -0.2) is 0 Å². The molecular formula is C18H30BrNO. The minimum atomic E-state index is 0.607. The van der Waals surface area contributed by atoms with Crippen molar-refractivity contribution in [2.45, 2.75) is 65.3 Å². The van der Waals surface area contributed by atoms with Gasteiger partial charge in [-0.05, 0) is 65.9 Å². The van der Waals surface area contributed by atoms with Gasteiger partial charge >= 0.3 is 0 Å². The number of ether oxygens (including phenoxy) is 1. The van der Waals surface area contributed by atoms with E-state index in [0.717, 1.165) is 36.2 Å². The van der Waals surface area contributed by atoms with E-state index in [-0.39, 0.29) is 0 Å². The number of halogens is 1. The van der Waals surface area contributed by atoms with Crippen molar-refractivity contribution in [3.63, 3.8) is 0 Å². The number of benzene rings is 1. The highest BCUT2D eigenvalue weighted by molar-refractivity contribution is 9.10. The lowest BCUT2D eigenvalue weighted by Crippen LogP contribution is -2.23. The van der Waals surface area contributed by atoms with Gasteiger partial charge in [0.25, 0.3) is 0 Å². The van der Waals surface area contributed by atoms with Gasteiger partial charge in [-0.3, -0.25) is 0 Å². The smallest absolute Gasteiger partial charge is 0.133 e. The van der Waals surface area contributed by atoms with Crippen molar-refractivity contribution in [1.82, 2.24) is 5.32 Å². The Balaban J connectivity index is 2.19. The van der Waals surface area contributed by atoms with Crippen molar-refractivity contribution in [1.29, 1.82) is 0 Å². The molecule has 0 unspecified atom stereocenters. The highest BCUT2D eigenvalue weighted by atomic mass is 79.9. The van der Waals surface area contributed by atoms with Crippen LogP contribution in [0.1, 0.15) is 58.4 Å². The summed E-state index contributed by atoms with van der Waals surface area (Å²) in [5.74, 6) is 0.959. The van der Waals surface area contributed by atoms with Crippen molar-refractivity contribution in [3.8, 4) is 5.75 Å². The molecule has 0 spiro atoms. The average molecular weight is 356 g/mol. The molecule has 0 bridgehead atoms. The van der Waals surface area contributed by atoms with Gasteiger partial charge in [0.2, 0.25) is 0 Å². The van der Waals surface area contributed by atoms with Gasteiger partial charge in [-0.15, -0.1) is 0 Å². The van der Waals surface area contributed by atoms with E-state index in [9.17, 15) is 0 Å². The van der Waals surface area contributed by atoms with Crippen LogP contribution < -0.4 is 10.1 Å². The van der Waals surface area contributed by atoms with E-state index in [4.69, 9.17) is 4.74 Å². The molecule has 0 aliphatic carbocycles. The molecule has 0 aromatic heterocycles. The SMILES string of the molecule is CCCOc1ccc(CCCCCCNC(C)C)cc1Br. The van der Waals surface area contributed by atoms with Crippen LogP contribution in [0.15, 0.2) is 22.7 Å².